The quantitative estimate of drug-likeness (QED) is 0.817. The second kappa shape index (κ2) is 6.97. The van der Waals surface area contributed by atoms with E-state index < -0.39 is 0 Å². The lowest BCUT2D eigenvalue weighted by Gasteiger charge is -2.06. The second-order valence-corrected chi connectivity index (χ2v) is 5.46. The average molecular weight is 340 g/mol. The van der Waals surface area contributed by atoms with Crippen molar-refractivity contribution in [2.75, 3.05) is 13.2 Å². The molecule has 2 aromatic rings. The average Bonchev–Trinajstić information content (AvgIpc) is 2.92. The smallest absolute Gasteiger partial charge is 0.257 e. The van der Waals surface area contributed by atoms with E-state index in [1.807, 2.05) is 32.0 Å². The van der Waals surface area contributed by atoms with E-state index in [1.165, 1.54) is 0 Å². The highest BCUT2D eigenvalue weighted by Crippen LogP contribution is 2.24. The summed E-state index contributed by atoms with van der Waals surface area (Å²) in [6, 6.07) is 5.50. The fourth-order valence-corrected chi connectivity index (χ4v) is 1.96. The fraction of sp³-hybridized carbons (Fsp3) is 0.429. The summed E-state index contributed by atoms with van der Waals surface area (Å²) in [7, 11) is 0. The Balaban J connectivity index is 2.09. The molecule has 5 nitrogen and oxygen atoms in total. The van der Waals surface area contributed by atoms with Gasteiger partial charge in [-0.3, -0.25) is 0 Å². The number of benzene rings is 1. The van der Waals surface area contributed by atoms with E-state index >= 15 is 0 Å². The molecule has 2 rings (SSSR count). The largest absolute Gasteiger partial charge is 0.379 e. The molecule has 1 heterocycles. The monoisotopic (exact) mass is 339 g/mol. The number of nitrogens with zero attached hydrogens (tertiary/aromatic N) is 2. The van der Waals surface area contributed by atoms with Gasteiger partial charge in [-0.05, 0) is 37.1 Å². The van der Waals surface area contributed by atoms with Crippen LogP contribution in [-0.2, 0) is 4.74 Å². The van der Waals surface area contributed by atoms with Crippen LogP contribution in [0.1, 0.15) is 30.8 Å². The molecule has 1 aromatic carbocycles. The van der Waals surface area contributed by atoms with Crippen LogP contribution in [0.15, 0.2) is 27.2 Å². The number of aryl methyl sites for hydroxylation is 1. The van der Waals surface area contributed by atoms with Crippen molar-refractivity contribution in [3.05, 3.63) is 34.1 Å². The maximum atomic E-state index is 5.96. The molecule has 1 atom stereocenters. The van der Waals surface area contributed by atoms with Crippen molar-refractivity contribution in [1.82, 2.24) is 10.1 Å². The molecule has 20 heavy (non-hydrogen) atoms. The number of hydrogen-bond donors (Lipinski definition) is 1. The van der Waals surface area contributed by atoms with Gasteiger partial charge in [0.1, 0.15) is 0 Å². The normalized spacial score (nSPS) is 12.6. The Hall–Kier alpha value is -1.24. The number of aromatic nitrogens is 2. The molecular weight excluding hydrogens is 322 g/mol. The molecule has 0 spiro atoms. The fourth-order valence-electron chi connectivity index (χ4n) is 1.71. The van der Waals surface area contributed by atoms with Gasteiger partial charge in [-0.25, -0.2) is 0 Å². The van der Waals surface area contributed by atoms with Crippen molar-refractivity contribution in [1.29, 1.82) is 0 Å². The van der Waals surface area contributed by atoms with E-state index in [2.05, 4.69) is 26.1 Å². The SMILES string of the molecule is CCCOCC(N)c1noc(-c2ccc(Br)c(C)c2)n1. The van der Waals surface area contributed by atoms with E-state index in [0.29, 0.717) is 24.9 Å². The third-order valence-electron chi connectivity index (χ3n) is 2.82. The van der Waals surface area contributed by atoms with E-state index in [1.54, 1.807) is 0 Å². The molecule has 0 aliphatic carbocycles. The molecule has 1 unspecified atom stereocenters. The van der Waals surface area contributed by atoms with Crippen molar-refractivity contribution in [2.24, 2.45) is 5.73 Å². The Labute approximate surface area is 126 Å². The predicted octanol–water partition coefficient (Wildman–Crippen LogP) is 3.23. The van der Waals surface area contributed by atoms with Crippen molar-refractivity contribution in [2.45, 2.75) is 26.3 Å². The molecule has 6 heteroatoms. The molecule has 0 radical (unpaired) electrons. The number of nitrogens with two attached hydrogens (primary N) is 1. The minimum absolute atomic E-state index is 0.365. The maximum Gasteiger partial charge on any atom is 0.257 e. The Kier molecular flexibility index (Phi) is 5.28. The molecule has 108 valence electrons. The van der Waals surface area contributed by atoms with Gasteiger partial charge in [0.2, 0.25) is 0 Å². The molecule has 0 fully saturated rings. The molecule has 0 saturated heterocycles. The highest BCUT2D eigenvalue weighted by atomic mass is 79.9. The summed E-state index contributed by atoms with van der Waals surface area (Å²) >= 11 is 3.46. The van der Waals surface area contributed by atoms with E-state index in [0.717, 1.165) is 22.0 Å². The van der Waals surface area contributed by atoms with Crippen LogP contribution >= 0.6 is 15.9 Å². The lowest BCUT2D eigenvalue weighted by molar-refractivity contribution is 0.119. The van der Waals surface area contributed by atoms with Crippen LogP contribution < -0.4 is 5.73 Å². The summed E-state index contributed by atoms with van der Waals surface area (Å²) in [4.78, 5) is 4.33. The van der Waals surface area contributed by atoms with Crippen molar-refractivity contribution in [3.63, 3.8) is 0 Å². The Morgan fingerprint density at radius 1 is 1.45 bits per heavy atom. The Morgan fingerprint density at radius 3 is 2.95 bits per heavy atom. The first kappa shape index (κ1) is 15.2. The Bertz CT molecular complexity index is 571. The van der Waals surface area contributed by atoms with Crippen LogP contribution in [0.4, 0.5) is 0 Å². The summed E-state index contributed by atoms with van der Waals surface area (Å²) in [5.74, 6) is 0.943. The lowest BCUT2D eigenvalue weighted by atomic mass is 10.1. The first-order valence-corrected chi connectivity index (χ1v) is 7.34. The molecule has 0 aliphatic heterocycles. The van der Waals surface area contributed by atoms with Crippen molar-refractivity contribution < 1.29 is 9.26 Å². The Morgan fingerprint density at radius 2 is 2.25 bits per heavy atom. The van der Waals surface area contributed by atoms with Gasteiger partial charge in [0.05, 0.1) is 12.6 Å². The number of hydrogen-bond acceptors (Lipinski definition) is 5. The van der Waals surface area contributed by atoms with E-state index in [4.69, 9.17) is 15.0 Å². The molecular formula is C14H18BrN3O2. The summed E-state index contributed by atoms with van der Waals surface area (Å²) in [5, 5.41) is 3.92. The van der Waals surface area contributed by atoms with Crippen LogP contribution in [0.2, 0.25) is 0 Å². The number of rotatable bonds is 6. The standard InChI is InChI=1S/C14H18BrN3O2/c1-3-6-19-8-12(16)13-17-14(20-18-13)10-4-5-11(15)9(2)7-10/h4-5,7,12H,3,6,8,16H2,1-2H3. The summed E-state index contributed by atoms with van der Waals surface area (Å²) in [5.41, 5.74) is 7.95. The van der Waals surface area contributed by atoms with E-state index in [-0.39, 0.29) is 6.04 Å². The van der Waals surface area contributed by atoms with Gasteiger partial charge in [-0.2, -0.15) is 4.98 Å². The predicted molar refractivity (Wildman–Crippen MR) is 80.2 cm³/mol. The third kappa shape index (κ3) is 3.65. The van der Waals surface area contributed by atoms with Gasteiger partial charge in [0.25, 0.3) is 5.89 Å². The van der Waals surface area contributed by atoms with Gasteiger partial charge in [0.15, 0.2) is 5.82 Å². The van der Waals surface area contributed by atoms with Gasteiger partial charge >= 0.3 is 0 Å². The van der Waals surface area contributed by atoms with Gasteiger partial charge < -0.3 is 15.0 Å². The first-order chi connectivity index (χ1) is 9.61. The van der Waals surface area contributed by atoms with Gasteiger partial charge in [-0.1, -0.05) is 28.0 Å². The number of halogens is 1. The minimum atomic E-state index is -0.365. The minimum Gasteiger partial charge on any atom is -0.379 e. The maximum absolute atomic E-state index is 5.96. The summed E-state index contributed by atoms with van der Waals surface area (Å²) in [6.07, 6.45) is 0.961. The molecule has 0 bridgehead atoms. The van der Waals surface area contributed by atoms with Crippen LogP contribution in [-0.4, -0.2) is 23.4 Å². The third-order valence-corrected chi connectivity index (χ3v) is 3.71. The molecule has 2 N–H and O–H groups in total. The van der Waals surface area contributed by atoms with Gasteiger partial charge in [0, 0.05) is 16.6 Å². The number of ether oxygens (including phenoxy) is 1. The molecule has 0 amide bonds. The van der Waals surface area contributed by atoms with Gasteiger partial charge in [-0.15, -0.1) is 0 Å². The summed E-state index contributed by atoms with van der Waals surface area (Å²) < 4.78 is 11.7. The molecule has 1 aromatic heterocycles. The first-order valence-electron chi connectivity index (χ1n) is 6.55. The van der Waals surface area contributed by atoms with Crippen LogP contribution in [0.3, 0.4) is 0 Å². The van der Waals surface area contributed by atoms with Crippen molar-refractivity contribution in [3.8, 4) is 11.5 Å². The highest BCUT2D eigenvalue weighted by Gasteiger charge is 2.15. The van der Waals surface area contributed by atoms with E-state index in [9.17, 15) is 0 Å². The molecule has 0 aliphatic rings. The lowest BCUT2D eigenvalue weighted by Crippen LogP contribution is -2.18. The second-order valence-electron chi connectivity index (χ2n) is 4.60. The van der Waals surface area contributed by atoms with Crippen LogP contribution in [0.25, 0.3) is 11.5 Å². The summed E-state index contributed by atoms with van der Waals surface area (Å²) in [6.45, 7) is 5.14. The zero-order valence-electron chi connectivity index (χ0n) is 11.6. The van der Waals surface area contributed by atoms with Crippen LogP contribution in [0, 0.1) is 6.92 Å². The zero-order chi connectivity index (χ0) is 14.5. The van der Waals surface area contributed by atoms with Crippen molar-refractivity contribution >= 4 is 15.9 Å². The topological polar surface area (TPSA) is 74.2 Å². The zero-order valence-corrected chi connectivity index (χ0v) is 13.2. The van der Waals surface area contributed by atoms with Crippen LogP contribution in [0.5, 0.6) is 0 Å². The highest BCUT2D eigenvalue weighted by molar-refractivity contribution is 9.10. The molecule has 0 saturated carbocycles.